The number of carboxylic acid groups (broad SMARTS) is 1. The van der Waals surface area contributed by atoms with Gasteiger partial charge in [-0.05, 0) is 44.4 Å². The summed E-state index contributed by atoms with van der Waals surface area (Å²) in [5.41, 5.74) is 0. The smallest absolute Gasteiger partial charge is 0.308 e. The second-order valence-electron chi connectivity index (χ2n) is 7.21. The number of hydrogen-bond acceptors (Lipinski definition) is 4. The number of nitrogens with zero attached hydrogens (tertiary/aromatic N) is 2. The normalized spacial score (nSPS) is 21.8. The van der Waals surface area contributed by atoms with Crippen LogP contribution >= 0.6 is 0 Å². The van der Waals surface area contributed by atoms with Crippen LogP contribution in [0.4, 0.5) is 0 Å². The van der Waals surface area contributed by atoms with Gasteiger partial charge in [0.15, 0.2) is 0 Å². The monoisotopic (exact) mass is 354 g/mol. The molecule has 1 N–H and O–H groups in total. The van der Waals surface area contributed by atoms with Crippen LogP contribution in [0.25, 0.3) is 0 Å². The summed E-state index contributed by atoms with van der Waals surface area (Å²) in [5, 5.41) is 9.10. The predicted molar refractivity (Wildman–Crippen MR) is 92.0 cm³/mol. The fourth-order valence-corrected chi connectivity index (χ4v) is 3.56. The quantitative estimate of drug-likeness (QED) is 0.746. The van der Waals surface area contributed by atoms with E-state index in [1.54, 1.807) is 11.9 Å². The summed E-state index contributed by atoms with van der Waals surface area (Å²) in [4.78, 5) is 38.7. The standard InChI is InChI=1S/C18H30N2O5/c1-19(16(21)6-2-4-14-7-10-25-11-8-14)13-17(22)20-9-3-5-15(12-20)18(23)24/h14-15H,2-13H2,1H3,(H,23,24). The Labute approximate surface area is 149 Å². The third-order valence-corrected chi connectivity index (χ3v) is 5.27. The van der Waals surface area contributed by atoms with Gasteiger partial charge in [0.1, 0.15) is 0 Å². The molecule has 0 spiro atoms. The highest BCUT2D eigenvalue weighted by Gasteiger charge is 2.28. The number of carboxylic acids is 1. The van der Waals surface area contributed by atoms with Crippen LogP contribution in [0.15, 0.2) is 0 Å². The van der Waals surface area contributed by atoms with E-state index in [-0.39, 0.29) is 24.9 Å². The number of ether oxygens (including phenoxy) is 1. The molecule has 7 heteroatoms. The van der Waals surface area contributed by atoms with E-state index < -0.39 is 11.9 Å². The molecule has 2 fully saturated rings. The molecule has 2 aliphatic rings. The van der Waals surface area contributed by atoms with E-state index in [0.717, 1.165) is 38.9 Å². The Morgan fingerprint density at radius 1 is 1.20 bits per heavy atom. The largest absolute Gasteiger partial charge is 0.481 e. The first kappa shape index (κ1) is 19.7. The minimum atomic E-state index is -0.852. The first-order chi connectivity index (χ1) is 12.0. The number of amides is 2. The van der Waals surface area contributed by atoms with E-state index in [9.17, 15) is 14.4 Å². The maximum absolute atomic E-state index is 12.3. The minimum Gasteiger partial charge on any atom is -0.481 e. The van der Waals surface area contributed by atoms with Gasteiger partial charge in [-0.25, -0.2) is 0 Å². The van der Waals surface area contributed by atoms with Gasteiger partial charge in [0.05, 0.1) is 12.5 Å². The van der Waals surface area contributed by atoms with E-state index in [1.807, 2.05) is 0 Å². The molecule has 0 radical (unpaired) electrons. The Morgan fingerprint density at radius 2 is 1.92 bits per heavy atom. The van der Waals surface area contributed by atoms with Crippen molar-refractivity contribution in [3.05, 3.63) is 0 Å². The Morgan fingerprint density at radius 3 is 2.60 bits per heavy atom. The molecule has 0 aromatic carbocycles. The van der Waals surface area contributed by atoms with Crippen molar-refractivity contribution in [2.24, 2.45) is 11.8 Å². The number of piperidine rings is 1. The fourth-order valence-electron chi connectivity index (χ4n) is 3.56. The molecular weight excluding hydrogens is 324 g/mol. The van der Waals surface area contributed by atoms with E-state index in [0.29, 0.717) is 31.7 Å². The number of carbonyl (C=O) groups is 3. The summed E-state index contributed by atoms with van der Waals surface area (Å²) >= 11 is 0. The molecule has 2 heterocycles. The van der Waals surface area contributed by atoms with Crippen molar-refractivity contribution in [2.45, 2.75) is 44.9 Å². The van der Waals surface area contributed by atoms with Gasteiger partial charge in [-0.3, -0.25) is 14.4 Å². The highest BCUT2D eigenvalue weighted by atomic mass is 16.5. The summed E-state index contributed by atoms with van der Waals surface area (Å²) in [6.45, 7) is 2.50. The van der Waals surface area contributed by atoms with Gasteiger partial charge in [-0.1, -0.05) is 0 Å². The number of hydrogen-bond donors (Lipinski definition) is 1. The average Bonchev–Trinajstić information content (AvgIpc) is 2.62. The molecule has 0 aromatic rings. The van der Waals surface area contributed by atoms with E-state index >= 15 is 0 Å². The summed E-state index contributed by atoms with van der Waals surface area (Å²) < 4.78 is 5.33. The van der Waals surface area contributed by atoms with Crippen molar-refractivity contribution in [3.8, 4) is 0 Å². The molecule has 25 heavy (non-hydrogen) atoms. The maximum atomic E-state index is 12.3. The molecule has 7 nitrogen and oxygen atoms in total. The number of likely N-dealkylation sites (tertiary alicyclic amines) is 1. The van der Waals surface area contributed by atoms with Crippen molar-refractivity contribution < 1.29 is 24.2 Å². The zero-order chi connectivity index (χ0) is 18.2. The number of rotatable bonds is 7. The molecule has 0 aromatic heterocycles. The molecule has 0 saturated carbocycles. The van der Waals surface area contributed by atoms with Gasteiger partial charge in [-0.15, -0.1) is 0 Å². The van der Waals surface area contributed by atoms with Crippen molar-refractivity contribution >= 4 is 17.8 Å². The first-order valence-corrected chi connectivity index (χ1v) is 9.29. The van der Waals surface area contributed by atoms with E-state index in [4.69, 9.17) is 9.84 Å². The van der Waals surface area contributed by atoms with Crippen molar-refractivity contribution in [1.82, 2.24) is 9.80 Å². The lowest BCUT2D eigenvalue weighted by Gasteiger charge is -2.32. The van der Waals surface area contributed by atoms with Crippen LogP contribution in [0.5, 0.6) is 0 Å². The highest BCUT2D eigenvalue weighted by Crippen LogP contribution is 2.21. The predicted octanol–water partition coefficient (Wildman–Crippen LogP) is 1.36. The van der Waals surface area contributed by atoms with E-state index in [2.05, 4.69) is 0 Å². The summed E-state index contributed by atoms with van der Waals surface area (Å²) in [6, 6.07) is 0. The van der Waals surface area contributed by atoms with Gasteiger partial charge < -0.3 is 19.6 Å². The van der Waals surface area contributed by atoms with Crippen molar-refractivity contribution in [3.63, 3.8) is 0 Å². The maximum Gasteiger partial charge on any atom is 0.308 e. The Hall–Kier alpha value is -1.63. The molecule has 1 atom stereocenters. The van der Waals surface area contributed by atoms with Crippen LogP contribution < -0.4 is 0 Å². The van der Waals surface area contributed by atoms with Crippen LogP contribution in [0, 0.1) is 11.8 Å². The average molecular weight is 354 g/mol. The second kappa shape index (κ2) is 9.75. The molecule has 1 unspecified atom stereocenters. The van der Waals surface area contributed by atoms with Crippen molar-refractivity contribution in [2.75, 3.05) is 39.9 Å². The van der Waals surface area contributed by atoms with Crippen molar-refractivity contribution in [1.29, 1.82) is 0 Å². The lowest BCUT2D eigenvalue weighted by atomic mass is 9.94. The third kappa shape index (κ3) is 6.30. The molecule has 2 saturated heterocycles. The molecular formula is C18H30N2O5. The lowest BCUT2D eigenvalue weighted by Crippen LogP contribution is -2.46. The zero-order valence-corrected chi connectivity index (χ0v) is 15.1. The molecule has 0 aliphatic carbocycles. The van der Waals surface area contributed by atoms with Gasteiger partial charge in [0.25, 0.3) is 0 Å². The Bertz CT molecular complexity index is 476. The zero-order valence-electron chi connectivity index (χ0n) is 15.1. The molecule has 0 bridgehead atoms. The lowest BCUT2D eigenvalue weighted by molar-refractivity contribution is -0.147. The van der Waals surface area contributed by atoms with E-state index in [1.165, 1.54) is 4.90 Å². The Kier molecular flexibility index (Phi) is 7.68. The fraction of sp³-hybridized carbons (Fsp3) is 0.833. The molecule has 2 rings (SSSR count). The highest BCUT2D eigenvalue weighted by molar-refractivity contribution is 5.85. The van der Waals surface area contributed by atoms with Gasteiger partial charge >= 0.3 is 5.97 Å². The Balaban J connectivity index is 1.68. The number of aliphatic carboxylic acids is 1. The van der Waals surface area contributed by atoms with Crippen LogP contribution in [-0.4, -0.2) is 72.6 Å². The van der Waals surface area contributed by atoms with Gasteiger partial charge in [0.2, 0.25) is 11.8 Å². The summed E-state index contributed by atoms with van der Waals surface area (Å²) in [5.74, 6) is -0.874. The van der Waals surface area contributed by atoms with Crippen LogP contribution in [0.2, 0.25) is 0 Å². The first-order valence-electron chi connectivity index (χ1n) is 9.29. The van der Waals surface area contributed by atoms with Crippen LogP contribution in [0.3, 0.4) is 0 Å². The third-order valence-electron chi connectivity index (χ3n) is 5.27. The topological polar surface area (TPSA) is 87.2 Å². The number of carbonyl (C=O) groups excluding carboxylic acids is 2. The van der Waals surface area contributed by atoms with Crippen LogP contribution in [0.1, 0.15) is 44.9 Å². The van der Waals surface area contributed by atoms with Crippen LogP contribution in [-0.2, 0) is 19.1 Å². The van der Waals surface area contributed by atoms with Gasteiger partial charge in [0, 0.05) is 39.8 Å². The second-order valence-corrected chi connectivity index (χ2v) is 7.21. The van der Waals surface area contributed by atoms with Gasteiger partial charge in [-0.2, -0.15) is 0 Å². The molecule has 2 amide bonds. The summed E-state index contributed by atoms with van der Waals surface area (Å²) in [7, 11) is 1.65. The SMILES string of the molecule is CN(CC(=O)N1CCCC(C(=O)O)C1)C(=O)CCCC1CCOCC1. The number of likely N-dealkylation sites (N-methyl/N-ethyl adjacent to an activating group) is 1. The molecule has 142 valence electrons. The minimum absolute atomic E-state index is 0.0211. The summed E-state index contributed by atoms with van der Waals surface area (Å²) in [6.07, 6.45) is 5.78. The molecule has 2 aliphatic heterocycles.